The highest BCUT2D eigenvalue weighted by Crippen LogP contribution is 2.46. The first kappa shape index (κ1) is 28.9. The highest BCUT2D eigenvalue weighted by Gasteiger charge is 2.28. The summed E-state index contributed by atoms with van der Waals surface area (Å²) in [7, 11) is 1.34. The molecule has 40 heavy (non-hydrogen) atoms. The van der Waals surface area contributed by atoms with Gasteiger partial charge in [0.25, 0.3) is 0 Å². The second-order valence-electron chi connectivity index (χ2n) is 11.3. The van der Waals surface area contributed by atoms with Crippen molar-refractivity contribution in [3.8, 4) is 22.4 Å². The van der Waals surface area contributed by atoms with Crippen LogP contribution in [0, 0.1) is 0 Å². The molecule has 2 aromatic heterocycles. The van der Waals surface area contributed by atoms with Crippen molar-refractivity contribution >= 4 is 45.3 Å². The Labute approximate surface area is 237 Å². The molecule has 8 nitrogen and oxygen atoms in total. The molecule has 1 amide bonds. The number of hydrogen-bond acceptors (Lipinski definition) is 7. The molecule has 0 fully saturated rings. The van der Waals surface area contributed by atoms with E-state index in [9.17, 15) is 14.4 Å². The van der Waals surface area contributed by atoms with Crippen LogP contribution in [0.5, 0.6) is 0 Å². The first-order valence-electron chi connectivity index (χ1n) is 12.9. The van der Waals surface area contributed by atoms with E-state index in [0.717, 1.165) is 15.8 Å². The van der Waals surface area contributed by atoms with Crippen LogP contribution in [0.15, 0.2) is 60.7 Å². The van der Waals surface area contributed by atoms with Crippen molar-refractivity contribution in [2.24, 2.45) is 0 Å². The fourth-order valence-corrected chi connectivity index (χ4v) is 5.50. The van der Waals surface area contributed by atoms with Gasteiger partial charge in [-0.15, -0.1) is 11.3 Å². The number of hydrogen-bond donors (Lipinski definition) is 1. The van der Waals surface area contributed by atoms with E-state index in [0.29, 0.717) is 27.3 Å². The van der Waals surface area contributed by atoms with Crippen LogP contribution in [-0.2, 0) is 25.5 Å². The third kappa shape index (κ3) is 6.54. The fourth-order valence-electron chi connectivity index (χ4n) is 4.36. The maximum atomic E-state index is 13.2. The lowest BCUT2D eigenvalue weighted by Gasteiger charge is -2.22. The smallest absolute Gasteiger partial charge is 0.412 e. The molecule has 2 heterocycles. The molecule has 1 N–H and O–H groups in total. The molecule has 0 saturated heterocycles. The Morgan fingerprint density at radius 1 is 0.875 bits per heavy atom. The number of ether oxygens (including phenoxy) is 3. The summed E-state index contributed by atoms with van der Waals surface area (Å²) < 4.78 is 18.8. The van der Waals surface area contributed by atoms with Gasteiger partial charge in [0.05, 0.1) is 28.7 Å². The zero-order chi connectivity index (χ0) is 29.2. The molecule has 210 valence electrons. The summed E-state index contributed by atoms with van der Waals surface area (Å²) >= 11 is 1.29. The fraction of sp³-hybridized carbons (Fsp3) is 0.323. The van der Waals surface area contributed by atoms with Gasteiger partial charge in [-0.1, -0.05) is 48.5 Å². The van der Waals surface area contributed by atoms with E-state index in [1.165, 1.54) is 18.4 Å². The molecule has 0 radical (unpaired) electrons. The average Bonchev–Trinajstić information content (AvgIpc) is 3.40. The molecule has 9 heteroatoms. The Hall–Kier alpha value is -4.11. The number of rotatable bonds is 6. The average molecular weight is 563 g/mol. The quantitative estimate of drug-likeness (QED) is 0.193. The predicted octanol–water partition coefficient (Wildman–Crippen LogP) is 7.51. The van der Waals surface area contributed by atoms with E-state index < -0.39 is 29.2 Å². The molecule has 0 aliphatic heterocycles. The van der Waals surface area contributed by atoms with Crippen LogP contribution in [0.2, 0.25) is 0 Å². The number of benzene rings is 2. The third-order valence-corrected chi connectivity index (χ3v) is 6.83. The maximum Gasteiger partial charge on any atom is 0.412 e. The summed E-state index contributed by atoms with van der Waals surface area (Å²) in [5.41, 5.74) is 2.90. The highest BCUT2D eigenvalue weighted by molar-refractivity contribution is 7.21. The van der Waals surface area contributed by atoms with Crippen molar-refractivity contribution in [1.82, 2.24) is 4.57 Å². The second-order valence-corrected chi connectivity index (χ2v) is 12.3. The number of nitrogens with one attached hydrogen (secondary N) is 1. The molecule has 0 aliphatic carbocycles. The van der Waals surface area contributed by atoms with Gasteiger partial charge in [-0.2, -0.15) is 0 Å². The van der Waals surface area contributed by atoms with Crippen LogP contribution in [0.25, 0.3) is 32.6 Å². The van der Waals surface area contributed by atoms with Crippen LogP contribution in [0.1, 0.15) is 51.2 Å². The number of esters is 2. The number of amides is 1. The zero-order valence-electron chi connectivity index (χ0n) is 23.8. The summed E-state index contributed by atoms with van der Waals surface area (Å²) in [6.07, 6.45) is -0.596. The van der Waals surface area contributed by atoms with Gasteiger partial charge in [0.2, 0.25) is 0 Å². The normalized spacial score (nSPS) is 11.8. The van der Waals surface area contributed by atoms with Crippen molar-refractivity contribution in [2.45, 2.75) is 59.3 Å². The van der Waals surface area contributed by atoms with Gasteiger partial charge in [-0.3, -0.25) is 10.1 Å². The number of carbonyl (C=O) groups excluding carboxylic acids is 3. The lowest BCUT2D eigenvalue weighted by atomic mass is 10.00. The largest absolute Gasteiger partial charge is 0.465 e. The molecular formula is C31H34N2O6S. The Balaban J connectivity index is 2.00. The van der Waals surface area contributed by atoms with Gasteiger partial charge in [0.1, 0.15) is 22.6 Å². The second kappa shape index (κ2) is 11.2. The number of thiophene rings is 1. The summed E-state index contributed by atoms with van der Waals surface area (Å²) in [5, 5.41) is 2.88. The van der Waals surface area contributed by atoms with Gasteiger partial charge in [-0.25, -0.2) is 9.59 Å². The minimum atomic E-state index is -0.687. The van der Waals surface area contributed by atoms with Crippen molar-refractivity contribution < 1.29 is 28.6 Å². The SMILES string of the molecule is COC(=O)c1cc2c(s1)c(-c1ccccc1)c(-c1ccccc1NC(=O)OC(C)(C)C)n2CC(=O)OC(C)(C)C. The van der Waals surface area contributed by atoms with Crippen molar-refractivity contribution in [3.63, 3.8) is 0 Å². The first-order chi connectivity index (χ1) is 18.8. The van der Waals surface area contributed by atoms with E-state index in [4.69, 9.17) is 14.2 Å². The summed E-state index contributed by atoms with van der Waals surface area (Å²) in [5.74, 6) is -0.897. The van der Waals surface area contributed by atoms with Gasteiger partial charge in [-0.05, 0) is 59.2 Å². The predicted molar refractivity (Wildman–Crippen MR) is 158 cm³/mol. The number of aromatic nitrogens is 1. The molecule has 0 bridgehead atoms. The standard InChI is InChI=1S/C31H34N2O6S/c1-30(2,3)38-24(34)18-33-22-17-23(28(35)37-7)40-27(22)25(19-13-9-8-10-14-19)26(33)20-15-11-12-16-21(20)32-29(36)39-31(4,5)6/h8-17H,18H2,1-7H3,(H,32,36). The lowest BCUT2D eigenvalue weighted by molar-refractivity contribution is -0.155. The van der Waals surface area contributed by atoms with Crippen LogP contribution in [0.4, 0.5) is 10.5 Å². The highest BCUT2D eigenvalue weighted by atomic mass is 32.1. The Bertz CT molecular complexity index is 1550. The summed E-state index contributed by atoms with van der Waals surface area (Å²) in [6.45, 7) is 10.7. The number of fused-ring (bicyclic) bond motifs is 1. The number of methoxy groups -OCH3 is 1. The molecule has 2 aromatic carbocycles. The van der Waals surface area contributed by atoms with Gasteiger partial charge in [0, 0.05) is 11.1 Å². The van der Waals surface area contributed by atoms with E-state index in [1.54, 1.807) is 32.9 Å². The molecule has 0 aliphatic rings. The van der Waals surface area contributed by atoms with Crippen molar-refractivity contribution in [1.29, 1.82) is 0 Å². The van der Waals surface area contributed by atoms with Gasteiger partial charge < -0.3 is 18.8 Å². The molecule has 0 unspecified atom stereocenters. The molecule has 0 atom stereocenters. The topological polar surface area (TPSA) is 95.9 Å². The van der Waals surface area contributed by atoms with Crippen LogP contribution >= 0.6 is 11.3 Å². The summed E-state index contributed by atoms with van der Waals surface area (Å²) in [4.78, 5) is 38.9. The number of carbonyl (C=O) groups is 3. The Morgan fingerprint density at radius 3 is 2.12 bits per heavy atom. The number of para-hydroxylation sites is 1. The monoisotopic (exact) mass is 562 g/mol. The third-order valence-electron chi connectivity index (χ3n) is 5.71. The van der Waals surface area contributed by atoms with E-state index in [1.807, 2.05) is 73.9 Å². The van der Waals surface area contributed by atoms with Crippen LogP contribution in [-0.4, -0.2) is 40.9 Å². The molecule has 4 aromatic rings. The Morgan fingerprint density at radius 2 is 1.50 bits per heavy atom. The molecule has 0 saturated carbocycles. The molecule has 0 spiro atoms. The first-order valence-corrected chi connectivity index (χ1v) is 13.7. The van der Waals surface area contributed by atoms with Crippen LogP contribution < -0.4 is 5.32 Å². The van der Waals surface area contributed by atoms with E-state index in [-0.39, 0.29) is 6.54 Å². The Kier molecular flexibility index (Phi) is 8.07. The van der Waals surface area contributed by atoms with Crippen LogP contribution in [0.3, 0.4) is 0 Å². The summed E-state index contributed by atoms with van der Waals surface area (Å²) in [6, 6.07) is 18.8. The lowest BCUT2D eigenvalue weighted by Crippen LogP contribution is -2.27. The maximum absolute atomic E-state index is 13.2. The van der Waals surface area contributed by atoms with E-state index in [2.05, 4.69) is 5.32 Å². The van der Waals surface area contributed by atoms with Crippen molar-refractivity contribution in [3.05, 3.63) is 65.5 Å². The minimum absolute atomic E-state index is 0.117. The van der Waals surface area contributed by atoms with E-state index >= 15 is 0 Å². The molecular weight excluding hydrogens is 528 g/mol. The van der Waals surface area contributed by atoms with Gasteiger partial charge in [0.15, 0.2) is 0 Å². The molecule has 4 rings (SSSR count). The van der Waals surface area contributed by atoms with Crippen molar-refractivity contribution in [2.75, 3.05) is 12.4 Å². The number of nitrogens with zero attached hydrogens (tertiary/aromatic N) is 1. The minimum Gasteiger partial charge on any atom is -0.465 e. The van der Waals surface area contributed by atoms with Gasteiger partial charge >= 0.3 is 18.0 Å². The number of anilines is 1. The zero-order valence-corrected chi connectivity index (χ0v) is 24.6.